The number of nitrogens with zero attached hydrogens (tertiary/aromatic N) is 2. The molecule has 2 aromatic rings. The Labute approximate surface area is 134 Å². The highest BCUT2D eigenvalue weighted by Crippen LogP contribution is 2.17. The third-order valence-corrected chi connectivity index (χ3v) is 3.90. The lowest BCUT2D eigenvalue weighted by Gasteiger charge is -2.20. The van der Waals surface area contributed by atoms with Crippen molar-refractivity contribution >= 4 is 23.5 Å². The van der Waals surface area contributed by atoms with E-state index in [9.17, 15) is 0 Å². The van der Waals surface area contributed by atoms with Crippen molar-refractivity contribution in [3.8, 4) is 0 Å². The van der Waals surface area contributed by atoms with Crippen LogP contribution < -0.4 is 9.80 Å². The van der Waals surface area contributed by atoms with Crippen LogP contribution in [-0.4, -0.2) is 27.2 Å². The highest BCUT2D eigenvalue weighted by Gasteiger charge is 2.00. The quantitative estimate of drug-likeness (QED) is 0.708. The van der Waals surface area contributed by atoms with Gasteiger partial charge >= 0.3 is 0 Å². The normalized spacial score (nSPS) is 10.9. The zero-order valence-electron chi connectivity index (χ0n) is 14.1. The second kappa shape index (κ2) is 7.69. The van der Waals surface area contributed by atoms with Crippen LogP contribution in [0.4, 0.5) is 11.4 Å². The minimum Gasteiger partial charge on any atom is -0.378 e. The molecule has 2 nitrogen and oxygen atoms in total. The van der Waals surface area contributed by atoms with E-state index in [1.165, 1.54) is 22.5 Å². The van der Waals surface area contributed by atoms with E-state index < -0.39 is 0 Å². The van der Waals surface area contributed by atoms with Crippen LogP contribution in [0.15, 0.2) is 48.5 Å². The van der Waals surface area contributed by atoms with Crippen molar-refractivity contribution in [2.75, 3.05) is 37.0 Å². The second-order valence-electron chi connectivity index (χ2n) is 5.58. The zero-order valence-corrected chi connectivity index (χ0v) is 14.1. The molecule has 0 atom stereocenters. The molecule has 0 amide bonds. The monoisotopic (exact) mass is 294 g/mol. The van der Waals surface area contributed by atoms with Crippen LogP contribution in [0.3, 0.4) is 0 Å². The lowest BCUT2D eigenvalue weighted by Crippen LogP contribution is -2.21. The van der Waals surface area contributed by atoms with Crippen molar-refractivity contribution in [2.24, 2.45) is 0 Å². The fourth-order valence-corrected chi connectivity index (χ4v) is 2.46. The summed E-state index contributed by atoms with van der Waals surface area (Å²) in [4.78, 5) is 4.47. The van der Waals surface area contributed by atoms with E-state index in [1.54, 1.807) is 0 Å². The molecular weight excluding hydrogens is 268 g/mol. The highest BCUT2D eigenvalue weighted by molar-refractivity contribution is 5.71. The highest BCUT2D eigenvalue weighted by atomic mass is 15.1. The summed E-state index contributed by atoms with van der Waals surface area (Å²) in [6, 6.07) is 17.3. The smallest absolute Gasteiger partial charge is 0.0366 e. The van der Waals surface area contributed by atoms with Gasteiger partial charge in [-0.15, -0.1) is 0 Å². The molecule has 0 aliphatic carbocycles. The van der Waals surface area contributed by atoms with E-state index in [2.05, 4.69) is 98.4 Å². The Kier molecular flexibility index (Phi) is 5.65. The molecule has 0 spiro atoms. The predicted octanol–water partition coefficient (Wildman–Crippen LogP) is 4.77. The summed E-state index contributed by atoms with van der Waals surface area (Å²) >= 11 is 0. The van der Waals surface area contributed by atoms with E-state index in [0.717, 1.165) is 13.1 Å². The summed E-state index contributed by atoms with van der Waals surface area (Å²) in [6.45, 7) is 6.47. The van der Waals surface area contributed by atoms with Gasteiger partial charge in [0, 0.05) is 38.6 Å². The summed E-state index contributed by atoms with van der Waals surface area (Å²) < 4.78 is 0. The Morgan fingerprint density at radius 3 is 1.45 bits per heavy atom. The van der Waals surface area contributed by atoms with Gasteiger partial charge in [0.1, 0.15) is 0 Å². The number of anilines is 2. The van der Waals surface area contributed by atoms with Crippen LogP contribution in [0.25, 0.3) is 12.2 Å². The fourth-order valence-electron chi connectivity index (χ4n) is 2.46. The number of hydrogen-bond acceptors (Lipinski definition) is 2. The van der Waals surface area contributed by atoms with Gasteiger partial charge in [-0.1, -0.05) is 36.4 Å². The summed E-state index contributed by atoms with van der Waals surface area (Å²) in [5, 5.41) is 0. The van der Waals surface area contributed by atoms with Crippen molar-refractivity contribution in [1.29, 1.82) is 0 Å². The Hall–Kier alpha value is -2.22. The maximum atomic E-state index is 2.35. The van der Waals surface area contributed by atoms with Gasteiger partial charge < -0.3 is 9.80 Å². The largest absolute Gasteiger partial charge is 0.378 e. The molecule has 0 bridgehead atoms. The van der Waals surface area contributed by atoms with Gasteiger partial charge in [0.2, 0.25) is 0 Å². The third kappa shape index (κ3) is 4.14. The molecule has 0 heterocycles. The first-order valence-electron chi connectivity index (χ1n) is 7.94. The fraction of sp³-hybridized carbons (Fsp3) is 0.300. The van der Waals surface area contributed by atoms with Crippen LogP contribution in [0.1, 0.15) is 25.0 Å². The molecule has 2 heteroatoms. The van der Waals surface area contributed by atoms with Crippen LogP contribution in [-0.2, 0) is 0 Å². The number of hydrogen-bond donors (Lipinski definition) is 0. The molecule has 0 N–H and O–H groups in total. The van der Waals surface area contributed by atoms with Gasteiger partial charge in [0.15, 0.2) is 0 Å². The van der Waals surface area contributed by atoms with Gasteiger partial charge in [0.25, 0.3) is 0 Å². The zero-order chi connectivity index (χ0) is 15.9. The summed E-state index contributed by atoms with van der Waals surface area (Å²) in [5.41, 5.74) is 4.96. The average molecular weight is 294 g/mol. The molecule has 22 heavy (non-hydrogen) atoms. The van der Waals surface area contributed by atoms with Gasteiger partial charge in [-0.05, 0) is 49.2 Å². The minimum atomic E-state index is 1.05. The molecule has 0 fully saturated rings. The Balaban J connectivity index is 2.06. The number of rotatable bonds is 6. The van der Waals surface area contributed by atoms with E-state index >= 15 is 0 Å². The second-order valence-corrected chi connectivity index (χ2v) is 5.58. The first kappa shape index (κ1) is 16.2. The van der Waals surface area contributed by atoms with Gasteiger partial charge in [-0.25, -0.2) is 0 Å². The Morgan fingerprint density at radius 2 is 1.09 bits per heavy atom. The lowest BCUT2D eigenvalue weighted by molar-refractivity contribution is 0.866. The third-order valence-electron chi connectivity index (χ3n) is 3.90. The molecule has 0 saturated carbocycles. The SMILES string of the molecule is CCN(CC)c1ccc(/C=C/c2ccc(N(C)C)cc2)cc1. The average Bonchev–Trinajstić information content (AvgIpc) is 2.55. The summed E-state index contributed by atoms with van der Waals surface area (Å²) in [6.07, 6.45) is 4.32. The van der Waals surface area contributed by atoms with Gasteiger partial charge in [-0.3, -0.25) is 0 Å². The minimum absolute atomic E-state index is 1.05. The van der Waals surface area contributed by atoms with Crippen molar-refractivity contribution in [1.82, 2.24) is 0 Å². The van der Waals surface area contributed by atoms with Crippen LogP contribution in [0, 0.1) is 0 Å². The summed E-state index contributed by atoms with van der Waals surface area (Å²) in [7, 11) is 4.12. The van der Waals surface area contributed by atoms with E-state index in [0.29, 0.717) is 0 Å². The topological polar surface area (TPSA) is 6.48 Å². The van der Waals surface area contributed by atoms with Crippen LogP contribution in [0.2, 0.25) is 0 Å². The molecule has 0 aliphatic heterocycles. The molecule has 2 rings (SSSR count). The number of benzene rings is 2. The van der Waals surface area contributed by atoms with E-state index in [-0.39, 0.29) is 0 Å². The molecule has 0 aliphatic rings. The first-order chi connectivity index (χ1) is 10.6. The van der Waals surface area contributed by atoms with Crippen LogP contribution in [0.5, 0.6) is 0 Å². The van der Waals surface area contributed by atoms with Gasteiger partial charge in [-0.2, -0.15) is 0 Å². The summed E-state index contributed by atoms with van der Waals surface area (Å²) in [5.74, 6) is 0. The Bertz CT molecular complexity index is 591. The van der Waals surface area contributed by atoms with E-state index in [4.69, 9.17) is 0 Å². The molecule has 0 aromatic heterocycles. The standard InChI is InChI=1S/C20H26N2/c1-5-22(6-2)20-15-11-18(12-16-20)8-7-17-9-13-19(14-10-17)21(3)4/h7-16H,5-6H2,1-4H3/b8-7+. The van der Waals surface area contributed by atoms with Crippen LogP contribution >= 0.6 is 0 Å². The maximum Gasteiger partial charge on any atom is 0.0366 e. The molecule has 116 valence electrons. The van der Waals surface area contributed by atoms with Crippen molar-refractivity contribution in [3.63, 3.8) is 0 Å². The molecule has 0 radical (unpaired) electrons. The molecule has 0 unspecified atom stereocenters. The predicted molar refractivity (Wildman–Crippen MR) is 99.7 cm³/mol. The Morgan fingerprint density at radius 1 is 0.682 bits per heavy atom. The molecule has 2 aromatic carbocycles. The first-order valence-corrected chi connectivity index (χ1v) is 7.94. The van der Waals surface area contributed by atoms with Crippen molar-refractivity contribution in [3.05, 3.63) is 59.7 Å². The molecule has 0 saturated heterocycles. The maximum absolute atomic E-state index is 2.35. The van der Waals surface area contributed by atoms with Crippen molar-refractivity contribution < 1.29 is 0 Å². The van der Waals surface area contributed by atoms with E-state index in [1.807, 2.05) is 0 Å². The van der Waals surface area contributed by atoms with Crippen molar-refractivity contribution in [2.45, 2.75) is 13.8 Å². The molecular formula is C20H26N2. The van der Waals surface area contributed by atoms with Gasteiger partial charge in [0.05, 0.1) is 0 Å². The lowest BCUT2D eigenvalue weighted by atomic mass is 10.1.